The van der Waals surface area contributed by atoms with Gasteiger partial charge in [0.1, 0.15) is 11.5 Å². The van der Waals surface area contributed by atoms with Crippen molar-refractivity contribution in [3.8, 4) is 0 Å². The zero-order valence-electron chi connectivity index (χ0n) is 30.6. The molecule has 0 fully saturated rings. The van der Waals surface area contributed by atoms with Crippen molar-refractivity contribution in [2.75, 3.05) is 18.6 Å². The third-order valence-electron chi connectivity index (χ3n) is 10.4. The number of carboxylic acid groups (broad SMARTS) is 1. The van der Waals surface area contributed by atoms with Crippen LogP contribution in [0.5, 0.6) is 0 Å². The number of nitrogens with two attached hydrogens (primary N) is 1. The van der Waals surface area contributed by atoms with E-state index in [9.17, 15) is 14.1 Å². The average molecular weight is 718 g/mol. The maximum atomic E-state index is 16.0. The summed E-state index contributed by atoms with van der Waals surface area (Å²) in [5.74, 6) is -1.97. The van der Waals surface area contributed by atoms with Crippen molar-refractivity contribution < 1.29 is 22.9 Å². The number of aliphatic imine (C=N–C) groups is 2. The minimum Gasteiger partial charge on any atom is -0.481 e. The lowest BCUT2D eigenvalue weighted by Crippen LogP contribution is -2.40. The maximum absolute atomic E-state index is 16.0. The van der Waals surface area contributed by atoms with Gasteiger partial charge in [-0.1, -0.05) is 51.5 Å². The summed E-state index contributed by atoms with van der Waals surface area (Å²) in [5.41, 5.74) is 8.78. The minimum atomic E-state index is -1.23. The van der Waals surface area contributed by atoms with Crippen LogP contribution in [0.15, 0.2) is 64.8 Å². The number of H-pyrrole nitrogens is 1. The molecular formula is C40H49F2N5O3S. The van der Waals surface area contributed by atoms with Gasteiger partial charge in [-0.05, 0) is 92.3 Å². The molecule has 1 aliphatic heterocycles. The van der Waals surface area contributed by atoms with Crippen LogP contribution in [-0.2, 0) is 33.9 Å². The molecule has 5 rings (SSSR count). The largest absolute Gasteiger partial charge is 0.481 e. The van der Waals surface area contributed by atoms with Gasteiger partial charge in [0.2, 0.25) is 0 Å². The Morgan fingerprint density at radius 1 is 1.14 bits per heavy atom. The molecule has 2 aromatic heterocycles. The molecule has 11 heteroatoms. The van der Waals surface area contributed by atoms with Crippen LogP contribution in [0, 0.1) is 22.5 Å². The first-order valence-corrected chi connectivity index (χ1v) is 18.9. The molecule has 0 spiro atoms. The van der Waals surface area contributed by atoms with Crippen LogP contribution in [0.1, 0.15) is 100 Å². The molecule has 0 aliphatic carbocycles. The SMILES string of the molecule is CN=C1N=C(N)[C@@](C)(c2cccc(CC(C)(C)C(=O)O)c2)CCCC(C)(C)CS(=O)CCc2c(c(F)c(F)c3[nH]ccc23)C(C)c2ccnc1c2. The Balaban J connectivity index is 1.65. The number of benzene rings is 2. The first kappa shape index (κ1) is 38.0. The molecule has 51 heavy (non-hydrogen) atoms. The normalized spacial score (nSPS) is 22.9. The number of halogens is 2. The Labute approximate surface area is 301 Å². The molecule has 0 radical (unpaired) electrons. The monoisotopic (exact) mass is 717 g/mol. The molecule has 4 aromatic rings. The van der Waals surface area contributed by atoms with Gasteiger partial charge in [-0.15, -0.1) is 0 Å². The van der Waals surface area contributed by atoms with Gasteiger partial charge in [0.25, 0.3) is 0 Å². The quantitative estimate of drug-likeness (QED) is 0.198. The number of hydrogen-bond donors (Lipinski definition) is 3. The molecule has 2 unspecified atom stereocenters. The van der Waals surface area contributed by atoms with E-state index in [1.807, 2.05) is 38.1 Å². The van der Waals surface area contributed by atoms with E-state index >= 15 is 8.78 Å². The van der Waals surface area contributed by atoms with Crippen LogP contribution in [0.25, 0.3) is 10.9 Å². The van der Waals surface area contributed by atoms with E-state index in [1.54, 1.807) is 51.5 Å². The van der Waals surface area contributed by atoms with E-state index in [2.05, 4.69) is 28.8 Å². The molecule has 4 N–H and O–H groups in total. The number of aromatic amines is 1. The van der Waals surface area contributed by atoms with Gasteiger partial charge in [-0.2, -0.15) is 0 Å². The number of aromatic nitrogens is 2. The molecule has 8 nitrogen and oxygen atoms in total. The van der Waals surface area contributed by atoms with Crippen molar-refractivity contribution in [1.82, 2.24) is 9.97 Å². The van der Waals surface area contributed by atoms with Crippen LogP contribution in [0.3, 0.4) is 0 Å². The molecular weight excluding hydrogens is 669 g/mol. The number of fused-ring (bicyclic) bond motifs is 5. The van der Waals surface area contributed by atoms with Crippen molar-refractivity contribution in [3.05, 3.63) is 100 Å². The zero-order valence-corrected chi connectivity index (χ0v) is 31.4. The Hall–Kier alpha value is -4.25. The van der Waals surface area contributed by atoms with Gasteiger partial charge in [-0.3, -0.25) is 19.0 Å². The van der Waals surface area contributed by atoms with Gasteiger partial charge in [0.15, 0.2) is 17.5 Å². The van der Waals surface area contributed by atoms with E-state index in [4.69, 9.17) is 10.7 Å². The topological polar surface area (TPSA) is 134 Å². The number of pyridine rings is 1. The summed E-state index contributed by atoms with van der Waals surface area (Å²) in [6.07, 6.45) is 5.97. The van der Waals surface area contributed by atoms with Crippen molar-refractivity contribution in [2.24, 2.45) is 26.5 Å². The van der Waals surface area contributed by atoms with Crippen LogP contribution in [0.4, 0.5) is 8.78 Å². The number of hydrogen-bond acceptors (Lipinski definition) is 5. The van der Waals surface area contributed by atoms with E-state index < -0.39 is 45.2 Å². The van der Waals surface area contributed by atoms with Crippen molar-refractivity contribution in [1.29, 1.82) is 0 Å². The van der Waals surface area contributed by atoms with Crippen LogP contribution >= 0.6 is 0 Å². The molecule has 1 aliphatic rings. The third-order valence-corrected chi connectivity index (χ3v) is 12.2. The average Bonchev–Trinajstić information content (AvgIpc) is 3.57. The van der Waals surface area contributed by atoms with E-state index in [0.717, 1.165) is 24.0 Å². The Kier molecular flexibility index (Phi) is 11.0. The smallest absolute Gasteiger partial charge is 0.309 e. The molecule has 3 atom stereocenters. The highest BCUT2D eigenvalue weighted by Crippen LogP contribution is 2.38. The van der Waals surface area contributed by atoms with Crippen molar-refractivity contribution in [3.63, 3.8) is 0 Å². The first-order valence-electron chi connectivity index (χ1n) is 17.4. The molecule has 0 saturated carbocycles. The van der Waals surface area contributed by atoms with Crippen molar-refractivity contribution >= 4 is 39.3 Å². The van der Waals surface area contributed by atoms with Gasteiger partial charge in [0, 0.05) is 64.0 Å². The van der Waals surface area contributed by atoms with Gasteiger partial charge in [0.05, 0.1) is 10.9 Å². The lowest BCUT2D eigenvalue weighted by atomic mass is 9.74. The number of nitrogens with one attached hydrogen (secondary N) is 1. The number of nitrogens with zero attached hydrogens (tertiary/aromatic N) is 3. The summed E-state index contributed by atoms with van der Waals surface area (Å²) in [6, 6.07) is 13.1. The standard InChI is InChI=1S/C40H49F2N5O3S/c1-24-26-12-17-45-30(21-26)35(44-7)47-36(43)40(6,27-11-8-10-25(20-27)22-39(4,5)37(48)49)16-9-15-38(2,3)23-51(50)19-14-28-29-13-18-46-34(29)33(42)32(41)31(24)28/h8,10-13,17-18,20-21,24,46H,9,14-16,19,22-23H2,1-7H3,(H,48,49)(H2,43,44,47)/t24?,40-,51?/m1/s1. The molecule has 2 aromatic carbocycles. The van der Waals surface area contributed by atoms with E-state index in [1.165, 1.54) is 0 Å². The van der Waals surface area contributed by atoms with Crippen LogP contribution in [0.2, 0.25) is 0 Å². The number of rotatable bonds is 4. The zero-order chi connectivity index (χ0) is 37.3. The fourth-order valence-electron chi connectivity index (χ4n) is 7.24. The summed E-state index contributed by atoms with van der Waals surface area (Å²) in [5, 5.41) is 10.4. The third kappa shape index (κ3) is 7.98. The predicted octanol–water partition coefficient (Wildman–Crippen LogP) is 7.84. The van der Waals surface area contributed by atoms with Crippen LogP contribution in [-0.4, -0.2) is 55.5 Å². The van der Waals surface area contributed by atoms with Gasteiger partial charge < -0.3 is 15.8 Å². The second-order valence-electron chi connectivity index (χ2n) is 15.5. The highest BCUT2D eigenvalue weighted by Gasteiger charge is 2.35. The summed E-state index contributed by atoms with van der Waals surface area (Å²) in [4.78, 5) is 28.7. The highest BCUT2D eigenvalue weighted by molar-refractivity contribution is 7.85. The second-order valence-corrected chi connectivity index (χ2v) is 17.1. The van der Waals surface area contributed by atoms with E-state index in [0.29, 0.717) is 64.6 Å². The minimum absolute atomic E-state index is 0.103. The van der Waals surface area contributed by atoms with Gasteiger partial charge >= 0.3 is 5.97 Å². The Bertz CT molecular complexity index is 2040. The molecule has 272 valence electrons. The predicted molar refractivity (Wildman–Crippen MR) is 202 cm³/mol. The summed E-state index contributed by atoms with van der Waals surface area (Å²) >= 11 is 0. The number of carbonyl (C=O) groups is 1. The molecule has 0 amide bonds. The summed E-state index contributed by atoms with van der Waals surface area (Å²) in [7, 11) is 0.377. The second kappa shape index (κ2) is 14.8. The van der Waals surface area contributed by atoms with Gasteiger partial charge in [-0.25, -0.2) is 13.8 Å². The number of aryl methyl sites for hydroxylation is 1. The first-order chi connectivity index (χ1) is 24.0. The lowest BCUT2D eigenvalue weighted by Gasteiger charge is -2.33. The Morgan fingerprint density at radius 3 is 2.59 bits per heavy atom. The summed E-state index contributed by atoms with van der Waals surface area (Å²) in [6.45, 7) is 11.5. The Morgan fingerprint density at radius 2 is 1.88 bits per heavy atom. The maximum Gasteiger partial charge on any atom is 0.309 e. The number of carboxylic acids is 1. The highest BCUT2D eigenvalue weighted by atomic mass is 32.2. The summed E-state index contributed by atoms with van der Waals surface area (Å²) < 4.78 is 45.2. The molecule has 3 heterocycles. The van der Waals surface area contributed by atoms with Crippen molar-refractivity contribution in [2.45, 2.75) is 85.0 Å². The fourth-order valence-corrected chi connectivity index (χ4v) is 8.83. The number of amidine groups is 2. The molecule has 0 saturated heterocycles. The fraction of sp³-hybridized carbons (Fsp3) is 0.450. The molecule has 2 bridgehead atoms. The lowest BCUT2D eigenvalue weighted by molar-refractivity contribution is -0.146. The van der Waals surface area contributed by atoms with E-state index in [-0.39, 0.29) is 16.5 Å². The number of aliphatic carboxylic acids is 1. The van der Waals surface area contributed by atoms with Crippen LogP contribution < -0.4 is 5.73 Å².